The van der Waals surface area contributed by atoms with Gasteiger partial charge < -0.3 is 10.1 Å². The number of rotatable bonds is 8. The van der Waals surface area contributed by atoms with Crippen LogP contribution in [0.15, 0.2) is 11.6 Å². The summed E-state index contributed by atoms with van der Waals surface area (Å²) in [4.78, 5) is 0. The van der Waals surface area contributed by atoms with E-state index in [9.17, 15) is 0 Å². The number of ether oxygens (including phenoxy) is 1. The highest BCUT2D eigenvalue weighted by atomic mass is 16.5. The molecule has 94 valence electrons. The van der Waals surface area contributed by atoms with Crippen molar-refractivity contribution in [1.29, 1.82) is 0 Å². The van der Waals surface area contributed by atoms with Crippen LogP contribution in [0.4, 0.5) is 0 Å². The molecule has 0 aromatic rings. The lowest BCUT2D eigenvalue weighted by Gasteiger charge is -2.24. The average molecular weight is 225 g/mol. The highest BCUT2D eigenvalue weighted by Gasteiger charge is 2.14. The second-order valence-electron chi connectivity index (χ2n) is 4.54. The normalized spacial score (nSPS) is 18.2. The van der Waals surface area contributed by atoms with Crippen LogP contribution in [0.3, 0.4) is 0 Å². The first-order chi connectivity index (χ1) is 7.88. The molecule has 1 atom stereocenters. The molecule has 16 heavy (non-hydrogen) atoms. The summed E-state index contributed by atoms with van der Waals surface area (Å²) >= 11 is 0. The molecule has 0 saturated carbocycles. The van der Waals surface area contributed by atoms with Crippen molar-refractivity contribution in [3.8, 4) is 0 Å². The number of allylic oxidation sites excluding steroid dienone is 1. The summed E-state index contributed by atoms with van der Waals surface area (Å²) in [5, 5.41) is 3.58. The van der Waals surface area contributed by atoms with Crippen molar-refractivity contribution in [2.45, 2.75) is 58.4 Å². The molecule has 0 spiro atoms. The maximum Gasteiger partial charge on any atom is 0.0484 e. The molecule has 0 aromatic carbocycles. The van der Waals surface area contributed by atoms with E-state index in [2.05, 4.69) is 25.2 Å². The Morgan fingerprint density at radius 2 is 2.19 bits per heavy atom. The van der Waals surface area contributed by atoms with Crippen LogP contribution < -0.4 is 5.32 Å². The standard InChI is InChI=1S/C14H27NO/c1-3-11-16-12-10-14(15-4-2)13-8-6-5-7-9-13/h8,14-15H,3-7,9-12H2,1-2H3. The van der Waals surface area contributed by atoms with Crippen LogP contribution in [0, 0.1) is 0 Å². The molecule has 2 nitrogen and oxygen atoms in total. The molecule has 0 aromatic heterocycles. The van der Waals surface area contributed by atoms with Crippen LogP contribution >= 0.6 is 0 Å². The summed E-state index contributed by atoms with van der Waals surface area (Å²) in [5.74, 6) is 0. The third-order valence-electron chi connectivity index (χ3n) is 3.12. The van der Waals surface area contributed by atoms with Crippen LogP contribution in [0.5, 0.6) is 0 Å². The number of hydrogen-bond donors (Lipinski definition) is 1. The Bertz CT molecular complexity index is 201. The van der Waals surface area contributed by atoms with Gasteiger partial charge in [-0.3, -0.25) is 0 Å². The Balaban J connectivity index is 2.31. The van der Waals surface area contributed by atoms with Crippen LogP contribution in [-0.4, -0.2) is 25.8 Å². The smallest absolute Gasteiger partial charge is 0.0484 e. The Labute approximate surface area is 100 Å². The van der Waals surface area contributed by atoms with E-state index in [0.29, 0.717) is 6.04 Å². The van der Waals surface area contributed by atoms with Gasteiger partial charge in [-0.15, -0.1) is 0 Å². The summed E-state index contributed by atoms with van der Waals surface area (Å²) in [7, 11) is 0. The van der Waals surface area contributed by atoms with E-state index in [1.54, 1.807) is 5.57 Å². The van der Waals surface area contributed by atoms with Crippen LogP contribution in [0.25, 0.3) is 0 Å². The summed E-state index contributed by atoms with van der Waals surface area (Å²) < 4.78 is 5.58. The molecule has 0 radical (unpaired) electrons. The minimum absolute atomic E-state index is 0.558. The van der Waals surface area contributed by atoms with Crippen molar-refractivity contribution in [3.63, 3.8) is 0 Å². The van der Waals surface area contributed by atoms with Gasteiger partial charge in [0.25, 0.3) is 0 Å². The maximum atomic E-state index is 5.58. The second-order valence-corrected chi connectivity index (χ2v) is 4.54. The molecule has 0 fully saturated rings. The fraction of sp³-hybridized carbons (Fsp3) is 0.857. The van der Waals surface area contributed by atoms with Crippen molar-refractivity contribution in [2.24, 2.45) is 0 Å². The summed E-state index contributed by atoms with van der Waals surface area (Å²) in [6.45, 7) is 7.19. The zero-order valence-electron chi connectivity index (χ0n) is 10.9. The molecule has 0 aliphatic heterocycles. The first-order valence-corrected chi connectivity index (χ1v) is 6.88. The number of hydrogen-bond acceptors (Lipinski definition) is 2. The van der Waals surface area contributed by atoms with Crippen LogP contribution in [-0.2, 0) is 4.74 Å². The van der Waals surface area contributed by atoms with E-state index in [4.69, 9.17) is 4.74 Å². The lowest BCUT2D eigenvalue weighted by Crippen LogP contribution is -2.32. The third kappa shape index (κ3) is 5.13. The van der Waals surface area contributed by atoms with Crippen LogP contribution in [0.1, 0.15) is 52.4 Å². The van der Waals surface area contributed by atoms with Gasteiger partial charge in [0.15, 0.2) is 0 Å². The fourth-order valence-corrected chi connectivity index (χ4v) is 2.29. The van der Waals surface area contributed by atoms with E-state index < -0.39 is 0 Å². The van der Waals surface area contributed by atoms with E-state index in [1.165, 1.54) is 25.7 Å². The minimum atomic E-state index is 0.558. The van der Waals surface area contributed by atoms with Crippen molar-refractivity contribution in [3.05, 3.63) is 11.6 Å². The monoisotopic (exact) mass is 225 g/mol. The Kier molecular flexibility index (Phi) is 7.52. The van der Waals surface area contributed by atoms with Gasteiger partial charge in [-0.25, -0.2) is 0 Å². The zero-order chi connectivity index (χ0) is 11.6. The molecule has 1 rings (SSSR count). The van der Waals surface area contributed by atoms with Gasteiger partial charge >= 0.3 is 0 Å². The van der Waals surface area contributed by atoms with Crippen molar-refractivity contribution < 1.29 is 4.74 Å². The molecule has 0 bridgehead atoms. The largest absolute Gasteiger partial charge is 0.381 e. The van der Waals surface area contributed by atoms with Gasteiger partial charge in [-0.1, -0.05) is 25.5 Å². The van der Waals surface area contributed by atoms with Crippen molar-refractivity contribution in [1.82, 2.24) is 5.32 Å². The van der Waals surface area contributed by atoms with E-state index >= 15 is 0 Å². The number of nitrogens with one attached hydrogen (secondary N) is 1. The topological polar surface area (TPSA) is 21.3 Å². The first kappa shape index (κ1) is 13.7. The van der Waals surface area contributed by atoms with Crippen LogP contribution in [0.2, 0.25) is 0 Å². The second kappa shape index (κ2) is 8.77. The zero-order valence-corrected chi connectivity index (χ0v) is 10.9. The lowest BCUT2D eigenvalue weighted by molar-refractivity contribution is 0.127. The van der Waals surface area contributed by atoms with Gasteiger partial charge in [-0.05, 0) is 45.1 Å². The lowest BCUT2D eigenvalue weighted by atomic mass is 9.92. The van der Waals surface area contributed by atoms with E-state index in [1.807, 2.05) is 0 Å². The highest BCUT2D eigenvalue weighted by molar-refractivity contribution is 5.13. The van der Waals surface area contributed by atoms with Gasteiger partial charge in [0.05, 0.1) is 0 Å². The van der Waals surface area contributed by atoms with Crippen molar-refractivity contribution >= 4 is 0 Å². The molecule has 1 aliphatic carbocycles. The fourth-order valence-electron chi connectivity index (χ4n) is 2.29. The maximum absolute atomic E-state index is 5.58. The van der Waals surface area contributed by atoms with E-state index in [-0.39, 0.29) is 0 Å². The quantitative estimate of drug-likeness (QED) is 0.505. The SMILES string of the molecule is CCCOCCC(NCC)C1=CCCCC1. The van der Waals surface area contributed by atoms with Gasteiger partial charge in [0.1, 0.15) is 0 Å². The summed E-state index contributed by atoms with van der Waals surface area (Å²) in [6.07, 6.45) is 9.97. The Morgan fingerprint density at radius 1 is 1.31 bits per heavy atom. The predicted octanol–water partition coefficient (Wildman–Crippen LogP) is 3.28. The van der Waals surface area contributed by atoms with Gasteiger partial charge in [0.2, 0.25) is 0 Å². The molecule has 2 heteroatoms. The van der Waals surface area contributed by atoms with E-state index in [0.717, 1.165) is 32.6 Å². The van der Waals surface area contributed by atoms with Gasteiger partial charge in [0, 0.05) is 19.3 Å². The summed E-state index contributed by atoms with van der Waals surface area (Å²) in [5.41, 5.74) is 1.62. The molecule has 0 amide bonds. The summed E-state index contributed by atoms with van der Waals surface area (Å²) in [6, 6.07) is 0.558. The highest BCUT2D eigenvalue weighted by Crippen LogP contribution is 2.21. The molecule has 0 heterocycles. The first-order valence-electron chi connectivity index (χ1n) is 6.88. The minimum Gasteiger partial charge on any atom is -0.381 e. The third-order valence-corrected chi connectivity index (χ3v) is 3.12. The molecule has 0 saturated heterocycles. The molecule has 1 unspecified atom stereocenters. The Morgan fingerprint density at radius 3 is 2.81 bits per heavy atom. The molecule has 1 N–H and O–H groups in total. The molecule has 1 aliphatic rings. The molecular formula is C14H27NO. The predicted molar refractivity (Wildman–Crippen MR) is 69.7 cm³/mol. The Hall–Kier alpha value is -0.340. The van der Waals surface area contributed by atoms with Crippen molar-refractivity contribution in [2.75, 3.05) is 19.8 Å². The molecular weight excluding hydrogens is 198 g/mol. The van der Waals surface area contributed by atoms with Gasteiger partial charge in [-0.2, -0.15) is 0 Å². The number of likely N-dealkylation sites (N-methyl/N-ethyl adjacent to an activating group) is 1. The average Bonchev–Trinajstić information content (AvgIpc) is 2.34.